The van der Waals surface area contributed by atoms with Crippen LogP contribution in [0, 0.1) is 0 Å². The predicted molar refractivity (Wildman–Crippen MR) is 95.6 cm³/mol. The van der Waals surface area contributed by atoms with E-state index in [-0.39, 0.29) is 0 Å². The van der Waals surface area contributed by atoms with Gasteiger partial charge in [0.05, 0.1) is 17.4 Å². The summed E-state index contributed by atoms with van der Waals surface area (Å²) >= 11 is 0. The Bertz CT molecular complexity index is 1050. The molecule has 4 aromatic rings. The van der Waals surface area contributed by atoms with Crippen molar-refractivity contribution >= 4 is 28.0 Å². The fourth-order valence-corrected chi connectivity index (χ4v) is 3.42. The second-order valence-corrected chi connectivity index (χ2v) is 6.41. The predicted octanol–water partition coefficient (Wildman–Crippen LogP) is 3.11. The highest BCUT2D eigenvalue weighted by Gasteiger charge is 2.17. The minimum Gasteiger partial charge on any atom is -0.351 e. The maximum atomic E-state index is 4.66. The molecule has 5 rings (SSSR count). The lowest BCUT2D eigenvalue weighted by atomic mass is 10.2. The molecule has 0 radical (unpaired) electrons. The Morgan fingerprint density at radius 1 is 1.04 bits per heavy atom. The number of anilines is 1. The number of hydrogen-bond acceptors (Lipinski definition) is 6. The number of pyridine rings is 1. The SMILES string of the molecule is c1cnc2ccc(-n3nnc4cnc(NC5CCCC5)nc43)cc2c1. The zero-order chi connectivity index (χ0) is 16.6. The van der Waals surface area contributed by atoms with E-state index < -0.39 is 0 Å². The molecule has 0 spiro atoms. The smallest absolute Gasteiger partial charge is 0.225 e. The van der Waals surface area contributed by atoms with Crippen molar-refractivity contribution in [2.45, 2.75) is 31.7 Å². The number of rotatable bonds is 3. The van der Waals surface area contributed by atoms with Crippen LogP contribution in [0.5, 0.6) is 0 Å². The summed E-state index contributed by atoms with van der Waals surface area (Å²) in [5.41, 5.74) is 3.25. The van der Waals surface area contributed by atoms with Crippen LogP contribution in [0.15, 0.2) is 42.7 Å². The Hall–Kier alpha value is -3.09. The van der Waals surface area contributed by atoms with E-state index in [1.54, 1.807) is 17.1 Å². The quantitative estimate of drug-likeness (QED) is 0.621. The van der Waals surface area contributed by atoms with Gasteiger partial charge in [0.25, 0.3) is 0 Å². The Labute approximate surface area is 144 Å². The van der Waals surface area contributed by atoms with E-state index in [1.807, 2.05) is 30.3 Å². The number of nitrogens with one attached hydrogen (secondary N) is 1. The molecule has 1 saturated carbocycles. The summed E-state index contributed by atoms with van der Waals surface area (Å²) in [6.45, 7) is 0. The highest BCUT2D eigenvalue weighted by molar-refractivity contribution is 5.81. The molecule has 1 aliphatic rings. The average Bonchev–Trinajstić information content (AvgIpc) is 3.31. The minimum atomic E-state index is 0.466. The van der Waals surface area contributed by atoms with Crippen LogP contribution in [0.25, 0.3) is 27.8 Å². The van der Waals surface area contributed by atoms with Crippen molar-refractivity contribution in [3.8, 4) is 5.69 Å². The van der Waals surface area contributed by atoms with E-state index in [9.17, 15) is 0 Å². The van der Waals surface area contributed by atoms with Gasteiger partial charge in [-0.2, -0.15) is 9.67 Å². The Morgan fingerprint density at radius 2 is 1.96 bits per heavy atom. The molecule has 0 bridgehead atoms. The van der Waals surface area contributed by atoms with Gasteiger partial charge in [0.2, 0.25) is 5.95 Å². The first-order chi connectivity index (χ1) is 12.4. The third kappa shape index (κ3) is 2.57. The van der Waals surface area contributed by atoms with Gasteiger partial charge in [0.1, 0.15) is 0 Å². The van der Waals surface area contributed by atoms with E-state index in [2.05, 4.69) is 30.6 Å². The first-order valence-electron chi connectivity index (χ1n) is 8.57. The Kier molecular flexibility index (Phi) is 3.29. The highest BCUT2D eigenvalue weighted by Crippen LogP contribution is 2.22. The Balaban J connectivity index is 1.57. The maximum absolute atomic E-state index is 4.66. The van der Waals surface area contributed by atoms with Gasteiger partial charge in [-0.15, -0.1) is 5.10 Å². The molecule has 3 aromatic heterocycles. The van der Waals surface area contributed by atoms with Crippen molar-refractivity contribution in [3.63, 3.8) is 0 Å². The van der Waals surface area contributed by atoms with Gasteiger partial charge in [-0.3, -0.25) is 4.98 Å². The average molecular weight is 331 g/mol. The van der Waals surface area contributed by atoms with E-state index in [4.69, 9.17) is 0 Å². The molecule has 0 atom stereocenters. The molecule has 25 heavy (non-hydrogen) atoms. The lowest BCUT2D eigenvalue weighted by molar-refractivity contribution is 0.744. The molecule has 3 heterocycles. The number of fused-ring (bicyclic) bond motifs is 2. The molecular weight excluding hydrogens is 314 g/mol. The summed E-state index contributed by atoms with van der Waals surface area (Å²) < 4.78 is 1.75. The zero-order valence-electron chi connectivity index (χ0n) is 13.6. The van der Waals surface area contributed by atoms with Crippen molar-refractivity contribution in [1.82, 2.24) is 29.9 Å². The number of benzene rings is 1. The fourth-order valence-electron chi connectivity index (χ4n) is 3.42. The molecule has 1 aromatic carbocycles. The lowest BCUT2D eigenvalue weighted by Gasteiger charge is -2.11. The second kappa shape index (κ2) is 5.77. The first kappa shape index (κ1) is 14.3. The van der Waals surface area contributed by atoms with Crippen LogP contribution in [-0.2, 0) is 0 Å². The molecule has 0 unspecified atom stereocenters. The summed E-state index contributed by atoms with van der Waals surface area (Å²) in [6.07, 6.45) is 8.41. The van der Waals surface area contributed by atoms with E-state index in [1.165, 1.54) is 25.7 Å². The third-order valence-corrected chi connectivity index (χ3v) is 4.71. The second-order valence-electron chi connectivity index (χ2n) is 6.41. The van der Waals surface area contributed by atoms with Crippen molar-refractivity contribution in [1.29, 1.82) is 0 Å². The van der Waals surface area contributed by atoms with Gasteiger partial charge in [-0.1, -0.05) is 24.1 Å². The molecule has 7 heteroatoms. The molecule has 1 fully saturated rings. The minimum absolute atomic E-state index is 0.466. The standard InChI is InChI=1S/C18H17N7/c1-2-6-13(5-1)21-18-20-11-16-17(22-18)25(24-23-16)14-7-8-15-12(10-14)4-3-9-19-15/h3-4,7-11,13H,1-2,5-6H2,(H,20,21,22). The summed E-state index contributed by atoms with van der Waals surface area (Å²) in [5.74, 6) is 0.644. The van der Waals surface area contributed by atoms with Gasteiger partial charge in [0.15, 0.2) is 11.2 Å². The van der Waals surface area contributed by atoms with Crippen LogP contribution in [0.3, 0.4) is 0 Å². The van der Waals surface area contributed by atoms with Crippen molar-refractivity contribution < 1.29 is 0 Å². The van der Waals surface area contributed by atoms with Crippen molar-refractivity contribution in [3.05, 3.63) is 42.7 Å². The Morgan fingerprint density at radius 3 is 2.88 bits per heavy atom. The van der Waals surface area contributed by atoms with Crippen molar-refractivity contribution in [2.24, 2.45) is 0 Å². The topological polar surface area (TPSA) is 81.4 Å². The van der Waals surface area contributed by atoms with Gasteiger partial charge < -0.3 is 5.32 Å². The molecule has 1 N–H and O–H groups in total. The van der Waals surface area contributed by atoms with Crippen LogP contribution in [0.2, 0.25) is 0 Å². The molecule has 1 aliphatic carbocycles. The van der Waals surface area contributed by atoms with Crippen LogP contribution in [0.1, 0.15) is 25.7 Å². The number of hydrogen-bond donors (Lipinski definition) is 1. The van der Waals surface area contributed by atoms with E-state index in [0.717, 1.165) is 16.6 Å². The summed E-state index contributed by atoms with van der Waals surface area (Å²) in [6, 6.07) is 10.4. The van der Waals surface area contributed by atoms with Crippen LogP contribution in [0.4, 0.5) is 5.95 Å². The fraction of sp³-hybridized carbons (Fsp3) is 0.278. The van der Waals surface area contributed by atoms with Crippen LogP contribution < -0.4 is 5.32 Å². The highest BCUT2D eigenvalue weighted by atomic mass is 15.4. The molecule has 7 nitrogen and oxygen atoms in total. The zero-order valence-corrected chi connectivity index (χ0v) is 13.6. The largest absolute Gasteiger partial charge is 0.351 e. The monoisotopic (exact) mass is 331 g/mol. The van der Waals surface area contributed by atoms with Gasteiger partial charge >= 0.3 is 0 Å². The summed E-state index contributed by atoms with van der Waals surface area (Å²) in [5, 5.41) is 12.9. The lowest BCUT2D eigenvalue weighted by Crippen LogP contribution is -2.16. The molecule has 0 aliphatic heterocycles. The maximum Gasteiger partial charge on any atom is 0.225 e. The number of nitrogens with zero attached hydrogens (tertiary/aromatic N) is 6. The van der Waals surface area contributed by atoms with Crippen LogP contribution in [-0.4, -0.2) is 36.0 Å². The molecule has 0 amide bonds. The van der Waals surface area contributed by atoms with E-state index >= 15 is 0 Å². The van der Waals surface area contributed by atoms with Gasteiger partial charge in [-0.25, -0.2) is 4.98 Å². The normalized spacial score (nSPS) is 15.2. The van der Waals surface area contributed by atoms with Crippen molar-refractivity contribution in [2.75, 3.05) is 5.32 Å². The van der Waals surface area contributed by atoms with Gasteiger partial charge in [0, 0.05) is 17.6 Å². The third-order valence-electron chi connectivity index (χ3n) is 4.71. The summed E-state index contributed by atoms with van der Waals surface area (Å²) in [7, 11) is 0. The molecule has 124 valence electrons. The summed E-state index contributed by atoms with van der Waals surface area (Å²) in [4.78, 5) is 13.4. The van der Waals surface area contributed by atoms with Crippen LogP contribution >= 0.6 is 0 Å². The molecular formula is C18H17N7. The molecule has 0 saturated heterocycles. The number of aromatic nitrogens is 6. The first-order valence-corrected chi connectivity index (χ1v) is 8.57. The van der Waals surface area contributed by atoms with E-state index in [0.29, 0.717) is 23.2 Å². The van der Waals surface area contributed by atoms with Gasteiger partial charge in [-0.05, 0) is 37.1 Å².